The van der Waals surface area contributed by atoms with Gasteiger partial charge in [0.1, 0.15) is 5.75 Å². The number of hydrogen-bond donors (Lipinski definition) is 1. The Kier molecular flexibility index (Phi) is 6.08. The van der Waals surface area contributed by atoms with Gasteiger partial charge in [-0.05, 0) is 38.1 Å². The van der Waals surface area contributed by atoms with Gasteiger partial charge < -0.3 is 19.7 Å². The number of morpholine rings is 1. The summed E-state index contributed by atoms with van der Waals surface area (Å²) in [5.74, 6) is -0.0122. The largest absolute Gasteiger partial charge is 0.483 e. The van der Waals surface area contributed by atoms with Crippen LogP contribution in [0.4, 0.5) is 5.69 Å². The van der Waals surface area contributed by atoms with E-state index in [4.69, 9.17) is 9.47 Å². The summed E-state index contributed by atoms with van der Waals surface area (Å²) >= 11 is 0. The monoisotopic (exact) mass is 368 g/mol. The zero-order chi connectivity index (χ0) is 19.2. The molecule has 1 heterocycles. The number of benzene rings is 2. The molecule has 0 unspecified atom stereocenters. The summed E-state index contributed by atoms with van der Waals surface area (Å²) in [6.07, 6.45) is 0.00303. The first-order chi connectivity index (χ1) is 13.0. The van der Waals surface area contributed by atoms with Crippen LogP contribution in [0.5, 0.6) is 5.75 Å². The fourth-order valence-electron chi connectivity index (χ4n) is 3.11. The molecule has 1 aliphatic rings. The summed E-state index contributed by atoms with van der Waals surface area (Å²) in [5, 5.41) is 2.83. The van der Waals surface area contributed by atoms with Gasteiger partial charge in [-0.1, -0.05) is 30.3 Å². The van der Waals surface area contributed by atoms with E-state index >= 15 is 0 Å². The van der Waals surface area contributed by atoms with Crippen LogP contribution in [0.3, 0.4) is 0 Å². The molecule has 1 aliphatic heterocycles. The molecule has 0 aromatic heterocycles. The fraction of sp³-hybridized carbons (Fsp3) is 0.333. The molecule has 1 fully saturated rings. The van der Waals surface area contributed by atoms with Crippen molar-refractivity contribution in [2.24, 2.45) is 0 Å². The second kappa shape index (κ2) is 8.68. The fourth-order valence-corrected chi connectivity index (χ4v) is 3.11. The SMILES string of the molecule is C[C@H]1CN(C(=O)COc2ccccc2C(=O)Nc2ccccc2)C[C@H](C)O1. The van der Waals surface area contributed by atoms with E-state index < -0.39 is 0 Å². The molecule has 0 saturated carbocycles. The minimum absolute atomic E-state index is 0.00152. The van der Waals surface area contributed by atoms with Gasteiger partial charge in [-0.3, -0.25) is 9.59 Å². The van der Waals surface area contributed by atoms with Gasteiger partial charge in [-0.15, -0.1) is 0 Å². The third kappa shape index (κ3) is 5.08. The summed E-state index contributed by atoms with van der Waals surface area (Å²) in [6.45, 7) is 4.86. The summed E-state index contributed by atoms with van der Waals surface area (Å²) in [7, 11) is 0. The molecule has 0 aliphatic carbocycles. The molecule has 142 valence electrons. The van der Waals surface area contributed by atoms with Crippen molar-refractivity contribution in [2.75, 3.05) is 25.0 Å². The van der Waals surface area contributed by atoms with E-state index in [1.54, 1.807) is 29.2 Å². The molecule has 0 radical (unpaired) electrons. The van der Waals surface area contributed by atoms with E-state index in [0.717, 1.165) is 0 Å². The molecular weight excluding hydrogens is 344 g/mol. The van der Waals surface area contributed by atoms with Crippen LogP contribution in [-0.2, 0) is 9.53 Å². The number of carbonyl (C=O) groups excluding carboxylic acids is 2. The Hall–Kier alpha value is -2.86. The Labute approximate surface area is 159 Å². The van der Waals surface area contributed by atoms with Gasteiger partial charge in [0.05, 0.1) is 17.8 Å². The standard InChI is InChI=1S/C21H24N2O4/c1-15-12-23(13-16(2)27-15)20(24)14-26-19-11-7-6-10-18(19)21(25)22-17-8-4-3-5-9-17/h3-11,15-16H,12-14H2,1-2H3,(H,22,25)/t15-,16-/m0/s1. The Balaban J connectivity index is 1.64. The van der Waals surface area contributed by atoms with Crippen molar-refractivity contribution in [3.05, 3.63) is 60.2 Å². The molecule has 2 aromatic rings. The number of amides is 2. The maximum absolute atomic E-state index is 12.6. The molecule has 6 heteroatoms. The van der Waals surface area contributed by atoms with Crippen molar-refractivity contribution in [1.29, 1.82) is 0 Å². The van der Waals surface area contributed by atoms with E-state index in [2.05, 4.69) is 5.32 Å². The first-order valence-corrected chi connectivity index (χ1v) is 9.04. The van der Waals surface area contributed by atoms with Gasteiger partial charge in [0.25, 0.3) is 11.8 Å². The van der Waals surface area contributed by atoms with Crippen molar-refractivity contribution >= 4 is 17.5 Å². The van der Waals surface area contributed by atoms with Crippen molar-refractivity contribution in [3.63, 3.8) is 0 Å². The van der Waals surface area contributed by atoms with Crippen LogP contribution in [0.2, 0.25) is 0 Å². The van der Waals surface area contributed by atoms with Crippen LogP contribution in [-0.4, -0.2) is 48.6 Å². The average Bonchev–Trinajstić information content (AvgIpc) is 2.66. The first kappa shape index (κ1) is 18.9. The van der Waals surface area contributed by atoms with E-state index in [9.17, 15) is 9.59 Å². The van der Waals surface area contributed by atoms with Gasteiger partial charge in [-0.25, -0.2) is 0 Å². The minimum atomic E-state index is -0.280. The number of anilines is 1. The van der Waals surface area contributed by atoms with E-state index in [0.29, 0.717) is 30.1 Å². The third-order valence-corrected chi connectivity index (χ3v) is 4.29. The van der Waals surface area contributed by atoms with Gasteiger partial charge >= 0.3 is 0 Å². The highest BCUT2D eigenvalue weighted by Crippen LogP contribution is 2.20. The van der Waals surface area contributed by atoms with Crippen molar-refractivity contribution in [1.82, 2.24) is 4.90 Å². The Morgan fingerprint density at radius 3 is 2.37 bits per heavy atom. The molecule has 6 nitrogen and oxygen atoms in total. The Morgan fingerprint density at radius 2 is 1.67 bits per heavy atom. The van der Waals surface area contributed by atoms with Crippen molar-refractivity contribution < 1.29 is 19.1 Å². The first-order valence-electron chi connectivity index (χ1n) is 9.04. The highest BCUT2D eigenvalue weighted by molar-refractivity contribution is 6.06. The zero-order valence-electron chi connectivity index (χ0n) is 15.6. The maximum atomic E-state index is 12.6. The molecule has 2 aromatic carbocycles. The second-order valence-corrected chi connectivity index (χ2v) is 6.66. The molecule has 3 rings (SSSR count). The number of para-hydroxylation sites is 2. The lowest BCUT2D eigenvalue weighted by atomic mass is 10.2. The molecule has 2 atom stereocenters. The van der Waals surface area contributed by atoms with Gasteiger partial charge in [0.2, 0.25) is 0 Å². The van der Waals surface area contributed by atoms with Gasteiger partial charge in [0.15, 0.2) is 6.61 Å². The summed E-state index contributed by atoms with van der Waals surface area (Å²) < 4.78 is 11.3. The van der Waals surface area contributed by atoms with Crippen LogP contribution in [0.25, 0.3) is 0 Å². The molecule has 0 spiro atoms. The quantitative estimate of drug-likeness (QED) is 0.881. The normalized spacial score (nSPS) is 19.4. The van der Waals surface area contributed by atoms with Gasteiger partial charge in [0, 0.05) is 18.8 Å². The van der Waals surface area contributed by atoms with E-state index in [1.807, 2.05) is 44.2 Å². The van der Waals surface area contributed by atoms with Crippen LogP contribution < -0.4 is 10.1 Å². The van der Waals surface area contributed by atoms with Crippen molar-refractivity contribution in [2.45, 2.75) is 26.1 Å². The van der Waals surface area contributed by atoms with Crippen molar-refractivity contribution in [3.8, 4) is 5.75 Å². The molecule has 2 amide bonds. The number of ether oxygens (including phenoxy) is 2. The molecule has 0 bridgehead atoms. The lowest BCUT2D eigenvalue weighted by molar-refractivity contribution is -0.145. The average molecular weight is 368 g/mol. The lowest BCUT2D eigenvalue weighted by Gasteiger charge is -2.35. The van der Waals surface area contributed by atoms with Crippen LogP contribution in [0.15, 0.2) is 54.6 Å². The van der Waals surface area contributed by atoms with E-state index in [1.165, 1.54) is 0 Å². The predicted octanol–water partition coefficient (Wildman–Crippen LogP) is 2.95. The molecular formula is C21H24N2O4. The lowest BCUT2D eigenvalue weighted by Crippen LogP contribution is -2.49. The van der Waals surface area contributed by atoms with Crippen LogP contribution in [0, 0.1) is 0 Å². The van der Waals surface area contributed by atoms with Crippen LogP contribution >= 0.6 is 0 Å². The van der Waals surface area contributed by atoms with Crippen LogP contribution in [0.1, 0.15) is 24.2 Å². The highest BCUT2D eigenvalue weighted by Gasteiger charge is 2.26. The summed E-state index contributed by atoms with van der Waals surface area (Å²) in [5.41, 5.74) is 1.09. The Bertz CT molecular complexity index is 784. The number of nitrogens with zero attached hydrogens (tertiary/aromatic N) is 1. The third-order valence-electron chi connectivity index (χ3n) is 4.29. The topological polar surface area (TPSA) is 67.9 Å². The van der Waals surface area contributed by atoms with Gasteiger partial charge in [-0.2, -0.15) is 0 Å². The smallest absolute Gasteiger partial charge is 0.260 e. The predicted molar refractivity (Wildman–Crippen MR) is 103 cm³/mol. The number of rotatable bonds is 5. The molecule has 1 saturated heterocycles. The Morgan fingerprint density at radius 1 is 1.04 bits per heavy atom. The second-order valence-electron chi connectivity index (χ2n) is 6.66. The highest BCUT2D eigenvalue weighted by atomic mass is 16.5. The van der Waals surface area contributed by atoms with E-state index in [-0.39, 0.29) is 30.6 Å². The number of nitrogens with one attached hydrogen (secondary N) is 1. The summed E-state index contributed by atoms with van der Waals surface area (Å²) in [6, 6.07) is 16.1. The minimum Gasteiger partial charge on any atom is -0.483 e. The zero-order valence-corrected chi connectivity index (χ0v) is 15.6. The maximum Gasteiger partial charge on any atom is 0.260 e. The number of carbonyl (C=O) groups is 2. The number of hydrogen-bond acceptors (Lipinski definition) is 4. The molecule has 1 N–H and O–H groups in total. The molecule has 27 heavy (non-hydrogen) atoms. The summed E-state index contributed by atoms with van der Waals surface area (Å²) in [4.78, 5) is 26.8.